The van der Waals surface area contributed by atoms with Crippen molar-refractivity contribution in [3.63, 3.8) is 0 Å². The third-order valence-electron chi connectivity index (χ3n) is 2.58. The minimum absolute atomic E-state index is 0.125. The molecule has 0 bridgehead atoms. The third kappa shape index (κ3) is 6.05. The van der Waals surface area contributed by atoms with E-state index in [1.165, 1.54) is 0 Å². The first kappa shape index (κ1) is 15.3. The lowest BCUT2D eigenvalue weighted by Crippen LogP contribution is -2.43. The van der Waals surface area contributed by atoms with Gasteiger partial charge in [0.15, 0.2) is 0 Å². The van der Waals surface area contributed by atoms with Crippen LogP contribution in [0.1, 0.15) is 13.8 Å². The number of hydrogen-bond acceptors (Lipinski definition) is 4. The summed E-state index contributed by atoms with van der Waals surface area (Å²) < 4.78 is 5.00. The largest absolute Gasteiger partial charge is 0.383 e. The molecule has 0 saturated heterocycles. The van der Waals surface area contributed by atoms with Gasteiger partial charge in [0.1, 0.15) is 0 Å². The van der Waals surface area contributed by atoms with E-state index in [9.17, 15) is 4.79 Å². The predicted molar refractivity (Wildman–Crippen MR) is 65.3 cm³/mol. The SMILES string of the molecule is COCCN(CCN)CC(=O)N(C)C(C)C. The minimum Gasteiger partial charge on any atom is -0.383 e. The molecule has 1 amide bonds. The molecule has 0 heterocycles. The molecule has 0 saturated carbocycles. The lowest BCUT2D eigenvalue weighted by Gasteiger charge is -2.26. The van der Waals surface area contributed by atoms with Gasteiger partial charge in [-0.1, -0.05) is 0 Å². The Balaban J connectivity index is 4.11. The normalized spacial score (nSPS) is 11.2. The molecule has 5 heteroatoms. The van der Waals surface area contributed by atoms with Gasteiger partial charge in [0.25, 0.3) is 0 Å². The van der Waals surface area contributed by atoms with Crippen molar-refractivity contribution >= 4 is 5.91 Å². The second-order valence-corrected chi connectivity index (χ2v) is 4.16. The Morgan fingerprint density at radius 3 is 2.44 bits per heavy atom. The number of methoxy groups -OCH3 is 1. The van der Waals surface area contributed by atoms with Gasteiger partial charge in [-0.25, -0.2) is 0 Å². The summed E-state index contributed by atoms with van der Waals surface area (Å²) in [6.07, 6.45) is 0. The van der Waals surface area contributed by atoms with Gasteiger partial charge in [-0.2, -0.15) is 0 Å². The monoisotopic (exact) mass is 231 g/mol. The van der Waals surface area contributed by atoms with E-state index in [1.807, 2.05) is 25.8 Å². The maximum Gasteiger partial charge on any atom is 0.236 e. The molecule has 0 unspecified atom stereocenters. The third-order valence-corrected chi connectivity index (χ3v) is 2.58. The Labute approximate surface area is 98.5 Å². The number of nitrogens with zero attached hydrogens (tertiary/aromatic N) is 2. The lowest BCUT2D eigenvalue weighted by atomic mass is 10.3. The van der Waals surface area contributed by atoms with Gasteiger partial charge >= 0.3 is 0 Å². The Morgan fingerprint density at radius 1 is 1.38 bits per heavy atom. The van der Waals surface area contributed by atoms with Crippen LogP contribution in [0.15, 0.2) is 0 Å². The highest BCUT2D eigenvalue weighted by molar-refractivity contribution is 5.78. The molecular formula is C11H25N3O2. The lowest BCUT2D eigenvalue weighted by molar-refractivity contribution is -0.132. The van der Waals surface area contributed by atoms with Crippen LogP contribution in [0.2, 0.25) is 0 Å². The van der Waals surface area contributed by atoms with Crippen LogP contribution in [0.5, 0.6) is 0 Å². The molecule has 0 aromatic carbocycles. The number of hydrogen-bond donors (Lipinski definition) is 1. The number of carbonyl (C=O) groups is 1. The van der Waals surface area contributed by atoms with Crippen LogP contribution in [0.25, 0.3) is 0 Å². The molecule has 0 atom stereocenters. The summed E-state index contributed by atoms with van der Waals surface area (Å²) in [4.78, 5) is 15.6. The van der Waals surface area contributed by atoms with E-state index in [4.69, 9.17) is 10.5 Å². The summed E-state index contributed by atoms with van der Waals surface area (Å²) >= 11 is 0. The van der Waals surface area contributed by atoms with Crippen molar-refractivity contribution in [1.82, 2.24) is 9.80 Å². The number of rotatable bonds is 8. The van der Waals surface area contributed by atoms with Crippen molar-refractivity contribution < 1.29 is 9.53 Å². The first-order valence-electron chi connectivity index (χ1n) is 5.70. The van der Waals surface area contributed by atoms with Crippen LogP contribution < -0.4 is 5.73 Å². The smallest absolute Gasteiger partial charge is 0.236 e. The number of nitrogens with two attached hydrogens (primary N) is 1. The standard InChI is InChI=1S/C11H25N3O2/c1-10(2)13(3)11(15)9-14(6-5-12)7-8-16-4/h10H,5-9,12H2,1-4H3. The highest BCUT2D eigenvalue weighted by atomic mass is 16.5. The van der Waals surface area contributed by atoms with Gasteiger partial charge in [0.05, 0.1) is 13.2 Å². The van der Waals surface area contributed by atoms with Crippen molar-refractivity contribution in [3.05, 3.63) is 0 Å². The molecular weight excluding hydrogens is 206 g/mol. The zero-order chi connectivity index (χ0) is 12.6. The van der Waals surface area contributed by atoms with Crippen molar-refractivity contribution in [2.75, 3.05) is 46.9 Å². The highest BCUT2D eigenvalue weighted by Crippen LogP contribution is 1.97. The molecule has 0 aromatic rings. The zero-order valence-corrected chi connectivity index (χ0v) is 10.9. The van der Waals surface area contributed by atoms with Crippen LogP contribution in [0.4, 0.5) is 0 Å². The Kier molecular flexibility index (Phi) is 8.15. The fraction of sp³-hybridized carbons (Fsp3) is 0.909. The fourth-order valence-corrected chi connectivity index (χ4v) is 1.26. The molecule has 5 nitrogen and oxygen atoms in total. The van der Waals surface area contributed by atoms with Gasteiger partial charge in [-0.15, -0.1) is 0 Å². The number of carbonyl (C=O) groups excluding carboxylic acids is 1. The van der Waals surface area contributed by atoms with Crippen molar-refractivity contribution in [1.29, 1.82) is 0 Å². The number of amides is 1. The van der Waals surface area contributed by atoms with Crippen molar-refractivity contribution in [2.45, 2.75) is 19.9 Å². The summed E-state index contributed by atoms with van der Waals surface area (Å²) in [6.45, 7) is 7.06. The van der Waals surface area contributed by atoms with E-state index in [0.29, 0.717) is 19.7 Å². The molecule has 0 aliphatic carbocycles. The molecule has 16 heavy (non-hydrogen) atoms. The molecule has 0 rings (SSSR count). The second kappa shape index (κ2) is 8.50. The van der Waals surface area contributed by atoms with Crippen LogP contribution in [0, 0.1) is 0 Å². The Morgan fingerprint density at radius 2 is 2.00 bits per heavy atom. The average Bonchev–Trinajstić information content (AvgIpc) is 2.24. The van der Waals surface area contributed by atoms with Gasteiger partial charge in [0.2, 0.25) is 5.91 Å². The first-order chi connectivity index (χ1) is 7.52. The average molecular weight is 231 g/mol. The molecule has 2 N–H and O–H groups in total. The van der Waals surface area contributed by atoms with E-state index in [-0.39, 0.29) is 11.9 Å². The maximum absolute atomic E-state index is 11.8. The highest BCUT2D eigenvalue weighted by Gasteiger charge is 2.15. The molecule has 0 aliphatic heterocycles. The first-order valence-corrected chi connectivity index (χ1v) is 5.70. The molecule has 0 aromatic heterocycles. The molecule has 0 radical (unpaired) electrons. The van der Waals surface area contributed by atoms with Gasteiger partial charge in [0, 0.05) is 39.8 Å². The fourth-order valence-electron chi connectivity index (χ4n) is 1.26. The number of likely N-dealkylation sites (N-methyl/N-ethyl adjacent to an activating group) is 1. The van der Waals surface area contributed by atoms with Crippen LogP contribution in [-0.2, 0) is 9.53 Å². The summed E-state index contributed by atoms with van der Waals surface area (Å²) in [5.74, 6) is 0.125. The van der Waals surface area contributed by atoms with Crippen molar-refractivity contribution in [3.8, 4) is 0 Å². The van der Waals surface area contributed by atoms with Gasteiger partial charge < -0.3 is 15.4 Å². The van der Waals surface area contributed by atoms with Gasteiger partial charge in [-0.3, -0.25) is 9.69 Å². The van der Waals surface area contributed by atoms with Crippen LogP contribution >= 0.6 is 0 Å². The molecule has 0 aliphatic rings. The minimum atomic E-state index is 0.125. The second-order valence-electron chi connectivity index (χ2n) is 4.16. The summed E-state index contributed by atoms with van der Waals surface area (Å²) in [5.41, 5.74) is 5.51. The van der Waals surface area contributed by atoms with Crippen LogP contribution in [0.3, 0.4) is 0 Å². The van der Waals surface area contributed by atoms with Crippen molar-refractivity contribution in [2.24, 2.45) is 5.73 Å². The molecule has 0 spiro atoms. The maximum atomic E-state index is 11.8. The number of ether oxygens (including phenoxy) is 1. The predicted octanol–water partition coefficient (Wildman–Crippen LogP) is -0.240. The van der Waals surface area contributed by atoms with E-state index in [0.717, 1.165) is 13.1 Å². The van der Waals surface area contributed by atoms with E-state index < -0.39 is 0 Å². The van der Waals surface area contributed by atoms with E-state index in [1.54, 1.807) is 12.0 Å². The summed E-state index contributed by atoms with van der Waals surface area (Å²) in [7, 11) is 3.48. The zero-order valence-electron chi connectivity index (χ0n) is 10.9. The molecule has 96 valence electrons. The Bertz CT molecular complexity index is 198. The van der Waals surface area contributed by atoms with Crippen LogP contribution in [-0.4, -0.2) is 68.7 Å². The van der Waals surface area contributed by atoms with E-state index >= 15 is 0 Å². The van der Waals surface area contributed by atoms with E-state index in [2.05, 4.69) is 0 Å². The Hall–Kier alpha value is -0.650. The molecule has 0 fully saturated rings. The quantitative estimate of drug-likeness (QED) is 0.626. The summed E-state index contributed by atoms with van der Waals surface area (Å²) in [5, 5.41) is 0. The van der Waals surface area contributed by atoms with Gasteiger partial charge in [-0.05, 0) is 13.8 Å². The topological polar surface area (TPSA) is 58.8 Å². The summed E-state index contributed by atoms with van der Waals surface area (Å²) in [6, 6.07) is 0.231.